The maximum absolute atomic E-state index is 5.95. The van der Waals surface area contributed by atoms with Crippen molar-refractivity contribution in [1.29, 1.82) is 0 Å². The highest BCUT2D eigenvalue weighted by molar-refractivity contribution is 5.42. The van der Waals surface area contributed by atoms with Gasteiger partial charge in [0.2, 0.25) is 0 Å². The summed E-state index contributed by atoms with van der Waals surface area (Å²) in [5.41, 5.74) is 6.83. The van der Waals surface area contributed by atoms with Gasteiger partial charge < -0.3 is 15.2 Å². The molecular weight excluding hydrogens is 264 g/mol. The Balaban J connectivity index is 2.11. The molecule has 0 radical (unpaired) electrons. The Morgan fingerprint density at radius 3 is 2.48 bits per heavy atom. The second-order valence-electron chi connectivity index (χ2n) is 4.83. The van der Waals surface area contributed by atoms with Crippen molar-refractivity contribution in [3.63, 3.8) is 0 Å². The number of hydrogen-bond acceptors (Lipinski definition) is 4. The van der Waals surface area contributed by atoms with Crippen LogP contribution in [0, 0.1) is 0 Å². The van der Waals surface area contributed by atoms with Crippen LogP contribution in [-0.4, -0.2) is 11.6 Å². The van der Waals surface area contributed by atoms with Gasteiger partial charge in [-0.05, 0) is 37.1 Å². The van der Waals surface area contributed by atoms with Crippen LogP contribution < -0.4 is 15.2 Å². The van der Waals surface area contributed by atoms with Crippen LogP contribution in [0.25, 0.3) is 0 Å². The molecule has 1 aromatic carbocycles. The zero-order chi connectivity index (χ0) is 15.1. The maximum atomic E-state index is 5.95. The number of ether oxygens (including phenoxy) is 2. The summed E-state index contributed by atoms with van der Waals surface area (Å²) in [4.78, 5) is 4.35. The molecule has 0 aliphatic rings. The van der Waals surface area contributed by atoms with E-state index in [1.807, 2.05) is 43.3 Å². The summed E-state index contributed by atoms with van der Waals surface area (Å²) >= 11 is 0. The first kappa shape index (κ1) is 15.3. The van der Waals surface area contributed by atoms with Crippen molar-refractivity contribution < 1.29 is 9.47 Å². The summed E-state index contributed by atoms with van der Waals surface area (Å²) in [6.07, 6.45) is 3.52. The van der Waals surface area contributed by atoms with Crippen molar-refractivity contribution in [3.8, 4) is 17.2 Å². The fourth-order valence-electron chi connectivity index (χ4n) is 1.87. The van der Waals surface area contributed by atoms with Gasteiger partial charge in [-0.15, -0.1) is 0 Å². The summed E-state index contributed by atoms with van der Waals surface area (Å²) in [6.45, 7) is 4.78. The van der Waals surface area contributed by atoms with Gasteiger partial charge in [-0.25, -0.2) is 0 Å². The van der Waals surface area contributed by atoms with Crippen molar-refractivity contribution in [2.75, 3.05) is 6.61 Å². The van der Waals surface area contributed by atoms with E-state index in [0.717, 1.165) is 24.3 Å². The number of aromatic nitrogens is 1. The molecule has 2 rings (SSSR count). The second kappa shape index (κ2) is 7.64. The lowest BCUT2D eigenvalue weighted by molar-refractivity contribution is 0.302. The van der Waals surface area contributed by atoms with Gasteiger partial charge in [0, 0.05) is 6.04 Å². The predicted molar refractivity (Wildman–Crippen MR) is 83.8 cm³/mol. The number of pyridine rings is 1. The second-order valence-corrected chi connectivity index (χ2v) is 4.83. The quantitative estimate of drug-likeness (QED) is 0.833. The Hall–Kier alpha value is -2.07. The third-order valence-electron chi connectivity index (χ3n) is 3.12. The lowest BCUT2D eigenvalue weighted by Gasteiger charge is -2.12. The summed E-state index contributed by atoms with van der Waals surface area (Å²) in [7, 11) is 0. The molecule has 2 aromatic rings. The fraction of sp³-hybridized carbons (Fsp3) is 0.353. The van der Waals surface area contributed by atoms with E-state index in [0.29, 0.717) is 18.1 Å². The maximum Gasteiger partial charge on any atom is 0.169 e. The molecule has 0 fully saturated rings. The Morgan fingerprint density at radius 1 is 1.10 bits per heavy atom. The van der Waals surface area contributed by atoms with Gasteiger partial charge in [0.25, 0.3) is 0 Å². The normalized spacial score (nSPS) is 12.0. The lowest BCUT2D eigenvalue weighted by atomic mass is 10.1. The van der Waals surface area contributed by atoms with Crippen molar-refractivity contribution in [1.82, 2.24) is 4.98 Å². The number of benzene rings is 1. The summed E-state index contributed by atoms with van der Waals surface area (Å²) in [6, 6.07) is 11.4. The van der Waals surface area contributed by atoms with Crippen LogP contribution in [0.3, 0.4) is 0 Å². The van der Waals surface area contributed by atoms with Crippen LogP contribution in [0.5, 0.6) is 17.2 Å². The highest BCUT2D eigenvalue weighted by atomic mass is 16.5. The molecule has 4 heteroatoms. The zero-order valence-electron chi connectivity index (χ0n) is 12.6. The van der Waals surface area contributed by atoms with E-state index < -0.39 is 0 Å². The van der Waals surface area contributed by atoms with Crippen LogP contribution in [0.4, 0.5) is 0 Å². The Morgan fingerprint density at radius 2 is 1.86 bits per heavy atom. The minimum Gasteiger partial charge on any atom is -0.490 e. The zero-order valence-corrected chi connectivity index (χ0v) is 12.6. The molecule has 0 spiro atoms. The Bertz CT molecular complexity index is 555. The molecule has 0 bridgehead atoms. The van der Waals surface area contributed by atoms with Crippen molar-refractivity contribution in [3.05, 3.63) is 48.3 Å². The van der Waals surface area contributed by atoms with Gasteiger partial charge in [0.05, 0.1) is 18.5 Å². The summed E-state index contributed by atoms with van der Waals surface area (Å²) < 4.78 is 11.5. The third kappa shape index (κ3) is 4.20. The van der Waals surface area contributed by atoms with Crippen LogP contribution in [0.2, 0.25) is 0 Å². The minimum absolute atomic E-state index is 0.0285. The summed E-state index contributed by atoms with van der Waals surface area (Å²) in [5, 5.41) is 0. The van der Waals surface area contributed by atoms with Gasteiger partial charge in [-0.2, -0.15) is 0 Å². The molecule has 0 unspecified atom stereocenters. The fourth-order valence-corrected chi connectivity index (χ4v) is 1.87. The molecule has 1 aromatic heterocycles. The topological polar surface area (TPSA) is 57.4 Å². The van der Waals surface area contributed by atoms with E-state index in [1.165, 1.54) is 0 Å². The number of rotatable bonds is 7. The van der Waals surface area contributed by atoms with Gasteiger partial charge in [0.15, 0.2) is 11.5 Å². The lowest BCUT2D eigenvalue weighted by Crippen LogP contribution is -2.10. The molecule has 4 nitrogen and oxygen atoms in total. The average molecular weight is 286 g/mol. The van der Waals surface area contributed by atoms with Crippen molar-refractivity contribution in [2.24, 2.45) is 5.73 Å². The Labute approximate surface area is 125 Å². The van der Waals surface area contributed by atoms with Crippen LogP contribution in [0.15, 0.2) is 42.6 Å². The third-order valence-corrected chi connectivity index (χ3v) is 3.12. The highest BCUT2D eigenvalue weighted by Crippen LogP contribution is 2.31. The van der Waals surface area contributed by atoms with Crippen LogP contribution in [0.1, 0.15) is 38.4 Å². The molecular formula is C17H22N2O2. The molecule has 1 heterocycles. The van der Waals surface area contributed by atoms with Crippen molar-refractivity contribution in [2.45, 2.75) is 32.7 Å². The van der Waals surface area contributed by atoms with Gasteiger partial charge in [0.1, 0.15) is 5.75 Å². The average Bonchev–Trinajstić information content (AvgIpc) is 2.54. The van der Waals surface area contributed by atoms with E-state index in [4.69, 9.17) is 15.2 Å². The molecule has 0 aliphatic heterocycles. The molecule has 1 atom stereocenters. The first-order chi connectivity index (χ1) is 10.2. The number of para-hydroxylation sites is 2. The predicted octanol–water partition coefficient (Wildman–Crippen LogP) is 4.07. The van der Waals surface area contributed by atoms with E-state index >= 15 is 0 Å². The molecule has 21 heavy (non-hydrogen) atoms. The first-order valence-corrected chi connectivity index (χ1v) is 7.35. The number of hydrogen-bond donors (Lipinski definition) is 1. The number of nitrogens with zero attached hydrogens (tertiary/aromatic N) is 1. The Kier molecular flexibility index (Phi) is 5.58. The minimum atomic E-state index is -0.0285. The van der Waals surface area contributed by atoms with E-state index in [9.17, 15) is 0 Å². The first-order valence-electron chi connectivity index (χ1n) is 7.35. The van der Waals surface area contributed by atoms with Crippen molar-refractivity contribution >= 4 is 0 Å². The SMILES string of the molecule is CCCOc1ccccc1Oc1ccc([C@H](N)CC)nc1. The number of nitrogens with two attached hydrogens (primary N) is 1. The van der Waals surface area contributed by atoms with Crippen LogP contribution >= 0.6 is 0 Å². The van der Waals surface area contributed by atoms with E-state index in [2.05, 4.69) is 11.9 Å². The molecule has 0 amide bonds. The monoisotopic (exact) mass is 286 g/mol. The highest BCUT2D eigenvalue weighted by Gasteiger charge is 2.08. The smallest absolute Gasteiger partial charge is 0.169 e. The van der Waals surface area contributed by atoms with Crippen LogP contribution in [-0.2, 0) is 0 Å². The molecule has 0 aliphatic carbocycles. The molecule has 112 valence electrons. The van der Waals surface area contributed by atoms with E-state index in [-0.39, 0.29) is 6.04 Å². The van der Waals surface area contributed by atoms with Gasteiger partial charge in [-0.1, -0.05) is 26.0 Å². The van der Waals surface area contributed by atoms with E-state index in [1.54, 1.807) is 6.20 Å². The molecule has 0 saturated heterocycles. The summed E-state index contributed by atoms with van der Waals surface area (Å²) in [5.74, 6) is 2.11. The standard InChI is InChI=1S/C17H22N2O2/c1-3-11-20-16-7-5-6-8-17(16)21-13-9-10-15(19-12-13)14(18)4-2/h5-10,12,14H,3-4,11,18H2,1-2H3/t14-/m1/s1. The largest absolute Gasteiger partial charge is 0.490 e. The van der Waals surface area contributed by atoms with Gasteiger partial charge >= 0.3 is 0 Å². The van der Waals surface area contributed by atoms with Gasteiger partial charge in [-0.3, -0.25) is 4.98 Å². The molecule has 2 N–H and O–H groups in total. The molecule has 0 saturated carbocycles.